The molecule has 0 aliphatic heterocycles. The van der Waals surface area contributed by atoms with Crippen molar-refractivity contribution >= 4 is 35.0 Å². The summed E-state index contributed by atoms with van der Waals surface area (Å²) in [4.78, 5) is 27.2. The lowest BCUT2D eigenvalue weighted by molar-refractivity contribution is -0.140. The molecule has 1 atom stereocenters. The normalized spacial score (nSPS) is 11.8. The molecule has 0 aliphatic rings. The van der Waals surface area contributed by atoms with Gasteiger partial charge in [0.25, 0.3) is 0 Å². The zero-order chi connectivity index (χ0) is 20.8. The Kier molecular flexibility index (Phi) is 7.90. The molecule has 1 N–H and O–H groups in total. The van der Waals surface area contributed by atoms with E-state index in [4.69, 9.17) is 23.2 Å². The number of aryl methyl sites for hydroxylation is 2. The maximum atomic E-state index is 13.2. The summed E-state index contributed by atoms with van der Waals surface area (Å²) in [6.45, 7) is 6.24. The van der Waals surface area contributed by atoms with Crippen molar-refractivity contribution < 1.29 is 9.59 Å². The molecule has 0 heterocycles. The summed E-state index contributed by atoms with van der Waals surface area (Å²) < 4.78 is 0. The van der Waals surface area contributed by atoms with Gasteiger partial charge in [0.05, 0.1) is 16.5 Å². The summed E-state index contributed by atoms with van der Waals surface area (Å²) in [6.07, 6.45) is 0.746. The van der Waals surface area contributed by atoms with Gasteiger partial charge in [-0.1, -0.05) is 54.4 Å². The van der Waals surface area contributed by atoms with Gasteiger partial charge in [0.15, 0.2) is 0 Å². The summed E-state index contributed by atoms with van der Waals surface area (Å²) in [5.74, 6) is -0.291. The van der Waals surface area contributed by atoms with Gasteiger partial charge >= 0.3 is 0 Å². The van der Waals surface area contributed by atoms with Crippen LogP contribution >= 0.6 is 23.2 Å². The van der Waals surface area contributed by atoms with Gasteiger partial charge < -0.3 is 10.2 Å². The Hall–Kier alpha value is -2.04. The monoisotopic (exact) mass is 420 g/mol. The fourth-order valence-corrected chi connectivity index (χ4v) is 3.43. The molecule has 0 fully saturated rings. The molecule has 2 aromatic carbocycles. The first-order valence-electron chi connectivity index (χ1n) is 9.28. The van der Waals surface area contributed by atoms with Crippen molar-refractivity contribution in [1.29, 1.82) is 0 Å². The number of hydrogen-bond acceptors (Lipinski definition) is 2. The number of nitrogens with one attached hydrogen (secondary N) is 1. The molecule has 0 saturated carbocycles. The second-order valence-corrected chi connectivity index (χ2v) is 7.72. The third-order valence-electron chi connectivity index (χ3n) is 4.90. The topological polar surface area (TPSA) is 49.4 Å². The van der Waals surface area contributed by atoms with Crippen LogP contribution in [0, 0.1) is 13.8 Å². The molecule has 0 radical (unpaired) electrons. The summed E-state index contributed by atoms with van der Waals surface area (Å²) in [6, 6.07) is 10.7. The zero-order valence-electron chi connectivity index (χ0n) is 16.7. The molecular formula is C22H26Cl2N2O2. The Balaban J connectivity index is 2.32. The second kappa shape index (κ2) is 9.94. The molecule has 2 amide bonds. The van der Waals surface area contributed by atoms with Crippen molar-refractivity contribution in [1.82, 2.24) is 10.2 Å². The highest BCUT2D eigenvalue weighted by Crippen LogP contribution is 2.24. The van der Waals surface area contributed by atoms with Gasteiger partial charge in [-0.25, -0.2) is 0 Å². The van der Waals surface area contributed by atoms with E-state index in [9.17, 15) is 9.59 Å². The number of amides is 2. The molecule has 0 aromatic heterocycles. The molecule has 0 bridgehead atoms. The van der Waals surface area contributed by atoms with Crippen LogP contribution in [-0.4, -0.2) is 29.8 Å². The Morgan fingerprint density at radius 1 is 1.00 bits per heavy atom. The van der Waals surface area contributed by atoms with E-state index >= 15 is 0 Å². The number of rotatable bonds is 7. The highest BCUT2D eigenvalue weighted by atomic mass is 35.5. The summed E-state index contributed by atoms with van der Waals surface area (Å²) in [7, 11) is 1.58. The molecule has 0 spiro atoms. The van der Waals surface area contributed by atoms with E-state index in [2.05, 4.69) is 5.32 Å². The smallest absolute Gasteiger partial charge is 0.242 e. The highest BCUT2D eigenvalue weighted by molar-refractivity contribution is 6.42. The number of carbonyl (C=O) groups is 2. The SMILES string of the molecule is CC[C@H](C(=O)NC)N(Cc1ccc(Cl)c(Cl)c1)C(=O)Cc1ccc(C)c(C)c1. The Morgan fingerprint density at radius 3 is 2.25 bits per heavy atom. The van der Waals surface area contributed by atoms with Crippen LogP contribution in [0.5, 0.6) is 0 Å². The van der Waals surface area contributed by atoms with E-state index in [0.29, 0.717) is 16.5 Å². The van der Waals surface area contributed by atoms with Crippen LogP contribution in [0.4, 0.5) is 0 Å². The van der Waals surface area contributed by atoms with E-state index < -0.39 is 6.04 Å². The molecule has 28 heavy (non-hydrogen) atoms. The quantitative estimate of drug-likeness (QED) is 0.704. The van der Waals surface area contributed by atoms with Gasteiger partial charge in [-0.3, -0.25) is 9.59 Å². The average molecular weight is 421 g/mol. The van der Waals surface area contributed by atoms with Crippen molar-refractivity contribution in [2.24, 2.45) is 0 Å². The maximum Gasteiger partial charge on any atom is 0.242 e. The first-order chi connectivity index (χ1) is 13.3. The van der Waals surface area contributed by atoms with E-state index in [-0.39, 0.29) is 24.8 Å². The predicted molar refractivity (Wildman–Crippen MR) is 115 cm³/mol. The Bertz CT molecular complexity index is 868. The van der Waals surface area contributed by atoms with Gasteiger partial charge in [0.1, 0.15) is 6.04 Å². The van der Waals surface area contributed by atoms with Crippen molar-refractivity contribution in [3.63, 3.8) is 0 Å². The summed E-state index contributed by atoms with van der Waals surface area (Å²) in [5.41, 5.74) is 4.07. The molecule has 2 aromatic rings. The number of hydrogen-bond donors (Lipinski definition) is 1. The van der Waals surface area contributed by atoms with Gasteiger partial charge in [0.2, 0.25) is 11.8 Å². The standard InChI is InChI=1S/C22H26Cl2N2O2/c1-5-20(22(28)25-4)26(13-17-8-9-18(23)19(24)11-17)21(27)12-16-7-6-14(2)15(3)10-16/h6-11,20H,5,12-13H2,1-4H3,(H,25,28)/t20-/m1/s1. The molecule has 4 nitrogen and oxygen atoms in total. The first kappa shape index (κ1) is 22.3. The van der Waals surface area contributed by atoms with E-state index in [1.165, 1.54) is 5.56 Å². The Morgan fingerprint density at radius 2 is 1.68 bits per heavy atom. The lowest BCUT2D eigenvalue weighted by atomic mass is 10.0. The van der Waals surface area contributed by atoms with Crippen molar-refractivity contribution in [3.8, 4) is 0 Å². The van der Waals surface area contributed by atoms with Gasteiger partial charge in [0, 0.05) is 13.6 Å². The van der Waals surface area contributed by atoms with E-state index in [1.807, 2.05) is 45.0 Å². The number of halogens is 2. The number of benzene rings is 2. The van der Waals surface area contributed by atoms with Crippen LogP contribution in [0.3, 0.4) is 0 Å². The van der Waals surface area contributed by atoms with E-state index in [1.54, 1.807) is 24.1 Å². The van der Waals surface area contributed by atoms with Crippen molar-refractivity contribution in [3.05, 3.63) is 68.7 Å². The van der Waals surface area contributed by atoms with Gasteiger partial charge in [-0.05, 0) is 54.7 Å². The minimum atomic E-state index is -0.557. The number of carbonyl (C=O) groups excluding carboxylic acids is 2. The lowest BCUT2D eigenvalue weighted by Crippen LogP contribution is -2.48. The zero-order valence-corrected chi connectivity index (χ0v) is 18.2. The molecule has 0 aliphatic carbocycles. The molecular weight excluding hydrogens is 395 g/mol. The fraction of sp³-hybridized carbons (Fsp3) is 0.364. The lowest BCUT2D eigenvalue weighted by Gasteiger charge is -2.30. The van der Waals surface area contributed by atoms with Crippen LogP contribution in [0.1, 0.15) is 35.6 Å². The van der Waals surface area contributed by atoms with Crippen LogP contribution < -0.4 is 5.32 Å². The predicted octanol–water partition coefficient (Wildman–Crippen LogP) is 4.71. The minimum Gasteiger partial charge on any atom is -0.357 e. The molecule has 150 valence electrons. The highest BCUT2D eigenvalue weighted by Gasteiger charge is 2.28. The maximum absolute atomic E-state index is 13.2. The second-order valence-electron chi connectivity index (χ2n) is 6.90. The van der Waals surface area contributed by atoms with Crippen LogP contribution in [0.25, 0.3) is 0 Å². The molecule has 2 rings (SSSR count). The fourth-order valence-electron chi connectivity index (χ4n) is 3.11. The van der Waals surface area contributed by atoms with Crippen molar-refractivity contribution in [2.45, 2.75) is 46.2 Å². The van der Waals surface area contributed by atoms with Gasteiger partial charge in [-0.15, -0.1) is 0 Å². The van der Waals surface area contributed by atoms with Gasteiger partial charge in [-0.2, -0.15) is 0 Å². The summed E-state index contributed by atoms with van der Waals surface area (Å²) >= 11 is 12.1. The largest absolute Gasteiger partial charge is 0.357 e. The number of likely N-dealkylation sites (N-methyl/N-ethyl adjacent to an activating group) is 1. The molecule has 0 saturated heterocycles. The van der Waals surface area contributed by atoms with Crippen LogP contribution in [0.15, 0.2) is 36.4 Å². The van der Waals surface area contributed by atoms with Crippen LogP contribution in [0.2, 0.25) is 10.0 Å². The first-order valence-corrected chi connectivity index (χ1v) is 10.0. The average Bonchev–Trinajstić information content (AvgIpc) is 2.67. The third kappa shape index (κ3) is 5.49. The third-order valence-corrected chi connectivity index (χ3v) is 5.63. The minimum absolute atomic E-state index is 0.107. The van der Waals surface area contributed by atoms with Crippen molar-refractivity contribution in [2.75, 3.05) is 7.05 Å². The van der Waals surface area contributed by atoms with E-state index in [0.717, 1.165) is 16.7 Å². The summed E-state index contributed by atoms with van der Waals surface area (Å²) in [5, 5.41) is 3.54. The molecule has 6 heteroatoms. The molecule has 0 unspecified atom stereocenters. The van der Waals surface area contributed by atoms with Crippen LogP contribution in [-0.2, 0) is 22.6 Å². The number of nitrogens with zero attached hydrogens (tertiary/aromatic N) is 1. The Labute approximate surface area is 176 Å².